The lowest BCUT2D eigenvalue weighted by Gasteiger charge is -2.05. The third-order valence-electron chi connectivity index (χ3n) is 2.47. The minimum absolute atomic E-state index is 0.519. The summed E-state index contributed by atoms with van der Waals surface area (Å²) in [5.41, 5.74) is 0. The molecule has 0 saturated heterocycles. The molecule has 3 nitrogen and oxygen atoms in total. The van der Waals surface area contributed by atoms with Gasteiger partial charge in [-0.25, -0.2) is 0 Å². The van der Waals surface area contributed by atoms with Crippen LogP contribution in [-0.2, 0) is 24.5 Å². The Morgan fingerprint density at radius 2 is 2.06 bits per heavy atom. The molecule has 2 heterocycles. The molecule has 0 aliphatic rings. The summed E-state index contributed by atoms with van der Waals surface area (Å²) in [6, 6.07) is 8.60. The van der Waals surface area contributed by atoms with Gasteiger partial charge in [-0.2, -0.15) is 0 Å². The smallest absolute Gasteiger partial charge is 0.129 e. The molecule has 0 atom stereocenters. The van der Waals surface area contributed by atoms with Gasteiger partial charge >= 0.3 is 0 Å². The van der Waals surface area contributed by atoms with E-state index in [9.17, 15) is 0 Å². The highest BCUT2D eigenvalue weighted by atomic mass is 32.1. The molecule has 2 rings (SSSR count). The van der Waals surface area contributed by atoms with E-state index in [2.05, 4.69) is 31.3 Å². The molecule has 0 unspecified atom stereocenters. The molecule has 0 saturated carbocycles. The summed E-state index contributed by atoms with van der Waals surface area (Å²) < 4.78 is 10.8. The Hall–Kier alpha value is -1.10. The maximum atomic E-state index is 5.60. The van der Waals surface area contributed by atoms with Crippen LogP contribution in [0.4, 0.5) is 0 Å². The van der Waals surface area contributed by atoms with Crippen molar-refractivity contribution >= 4 is 11.3 Å². The number of ether oxygens (including phenoxy) is 1. The van der Waals surface area contributed by atoms with E-state index in [4.69, 9.17) is 9.15 Å². The minimum atomic E-state index is 0.519. The first-order valence-corrected chi connectivity index (χ1v) is 6.97. The van der Waals surface area contributed by atoms with E-state index in [-0.39, 0.29) is 0 Å². The number of hydrogen-bond acceptors (Lipinski definition) is 4. The lowest BCUT2D eigenvalue weighted by molar-refractivity contribution is 0.0948. The lowest BCUT2D eigenvalue weighted by atomic mass is 10.3. The van der Waals surface area contributed by atoms with Gasteiger partial charge in [-0.1, -0.05) is 13.8 Å². The molecule has 0 aromatic carbocycles. The van der Waals surface area contributed by atoms with Crippen LogP contribution in [0, 0.1) is 0 Å². The molecule has 0 amide bonds. The van der Waals surface area contributed by atoms with Crippen LogP contribution in [0.5, 0.6) is 0 Å². The zero-order valence-corrected chi connectivity index (χ0v) is 11.6. The van der Waals surface area contributed by atoms with Crippen LogP contribution in [0.15, 0.2) is 34.9 Å². The molecule has 0 aliphatic heterocycles. The Bertz CT molecular complexity index is 448. The van der Waals surface area contributed by atoms with Gasteiger partial charge in [0.2, 0.25) is 0 Å². The topological polar surface area (TPSA) is 34.4 Å². The van der Waals surface area contributed by atoms with Gasteiger partial charge in [0, 0.05) is 22.3 Å². The first kappa shape index (κ1) is 13.3. The highest BCUT2D eigenvalue weighted by Crippen LogP contribution is 2.18. The van der Waals surface area contributed by atoms with Crippen molar-refractivity contribution in [3.8, 4) is 0 Å². The fraction of sp³-hybridized carbons (Fsp3) is 0.429. The number of thiophene rings is 1. The van der Waals surface area contributed by atoms with Crippen molar-refractivity contribution in [3.05, 3.63) is 46.0 Å². The van der Waals surface area contributed by atoms with Crippen molar-refractivity contribution < 1.29 is 9.15 Å². The van der Waals surface area contributed by atoms with Crippen LogP contribution in [0.25, 0.3) is 0 Å². The van der Waals surface area contributed by atoms with Crippen molar-refractivity contribution in [2.24, 2.45) is 0 Å². The first-order chi connectivity index (χ1) is 8.74. The van der Waals surface area contributed by atoms with Crippen LogP contribution in [0.1, 0.15) is 29.4 Å². The molecule has 4 heteroatoms. The monoisotopic (exact) mass is 265 g/mol. The number of furan rings is 1. The SMILES string of the molecule is CC(C)NCc1ccc(COCc2ccco2)s1. The quantitative estimate of drug-likeness (QED) is 0.831. The Labute approximate surface area is 112 Å². The zero-order chi connectivity index (χ0) is 12.8. The molecule has 0 bridgehead atoms. The van der Waals surface area contributed by atoms with Crippen LogP contribution >= 0.6 is 11.3 Å². The van der Waals surface area contributed by atoms with Crippen molar-refractivity contribution in [2.45, 2.75) is 39.6 Å². The Balaban J connectivity index is 1.73. The predicted molar refractivity (Wildman–Crippen MR) is 73.5 cm³/mol. The maximum absolute atomic E-state index is 5.60. The summed E-state index contributed by atoms with van der Waals surface area (Å²) in [5.74, 6) is 0.869. The van der Waals surface area contributed by atoms with Crippen LogP contribution in [0.2, 0.25) is 0 Å². The molecule has 0 spiro atoms. The summed E-state index contributed by atoms with van der Waals surface area (Å²) in [7, 11) is 0. The second-order valence-electron chi connectivity index (χ2n) is 4.48. The summed E-state index contributed by atoms with van der Waals surface area (Å²) in [4.78, 5) is 2.60. The average Bonchev–Trinajstić information content (AvgIpc) is 2.97. The molecule has 98 valence electrons. The highest BCUT2D eigenvalue weighted by molar-refractivity contribution is 7.11. The number of nitrogens with one attached hydrogen (secondary N) is 1. The van der Waals surface area contributed by atoms with Crippen molar-refractivity contribution in [2.75, 3.05) is 0 Å². The fourth-order valence-electron chi connectivity index (χ4n) is 1.55. The molecule has 0 aliphatic carbocycles. The standard InChI is InChI=1S/C14H19NO2S/c1-11(2)15-8-13-5-6-14(18-13)10-16-9-12-4-3-7-17-12/h3-7,11,15H,8-10H2,1-2H3. The van der Waals surface area contributed by atoms with E-state index in [0.717, 1.165) is 12.3 Å². The summed E-state index contributed by atoms with van der Waals surface area (Å²) in [6.07, 6.45) is 1.67. The van der Waals surface area contributed by atoms with E-state index in [1.807, 2.05) is 12.1 Å². The van der Waals surface area contributed by atoms with Gasteiger partial charge < -0.3 is 14.5 Å². The summed E-state index contributed by atoms with van der Waals surface area (Å²) >= 11 is 1.79. The minimum Gasteiger partial charge on any atom is -0.467 e. The second-order valence-corrected chi connectivity index (χ2v) is 5.73. The van der Waals surface area contributed by atoms with E-state index >= 15 is 0 Å². The Morgan fingerprint density at radius 3 is 2.78 bits per heavy atom. The Morgan fingerprint density at radius 1 is 1.22 bits per heavy atom. The molecule has 0 fully saturated rings. The van der Waals surface area contributed by atoms with Gasteiger partial charge in [-0.15, -0.1) is 11.3 Å². The summed E-state index contributed by atoms with van der Waals surface area (Å²) in [6.45, 7) is 6.42. The second kappa shape index (κ2) is 6.73. The largest absolute Gasteiger partial charge is 0.467 e. The zero-order valence-electron chi connectivity index (χ0n) is 10.8. The van der Waals surface area contributed by atoms with Crippen molar-refractivity contribution in [1.82, 2.24) is 5.32 Å². The van der Waals surface area contributed by atoms with E-state index < -0.39 is 0 Å². The van der Waals surface area contributed by atoms with Crippen LogP contribution in [0.3, 0.4) is 0 Å². The normalized spacial score (nSPS) is 11.3. The van der Waals surface area contributed by atoms with Gasteiger partial charge in [0.25, 0.3) is 0 Å². The third-order valence-corrected chi connectivity index (χ3v) is 3.53. The molecule has 1 N–H and O–H groups in total. The molecular weight excluding hydrogens is 246 g/mol. The van der Waals surface area contributed by atoms with Gasteiger partial charge in [0.1, 0.15) is 12.4 Å². The highest BCUT2D eigenvalue weighted by Gasteiger charge is 2.02. The van der Waals surface area contributed by atoms with Gasteiger partial charge in [0.05, 0.1) is 12.9 Å². The fourth-order valence-corrected chi connectivity index (χ4v) is 2.45. The van der Waals surface area contributed by atoms with Crippen molar-refractivity contribution in [3.63, 3.8) is 0 Å². The molecule has 2 aromatic rings. The van der Waals surface area contributed by atoms with Crippen LogP contribution in [-0.4, -0.2) is 6.04 Å². The van der Waals surface area contributed by atoms with Crippen molar-refractivity contribution in [1.29, 1.82) is 0 Å². The average molecular weight is 265 g/mol. The molecular formula is C14H19NO2S. The van der Waals surface area contributed by atoms with Gasteiger partial charge in [-0.3, -0.25) is 0 Å². The number of hydrogen-bond donors (Lipinski definition) is 1. The van der Waals surface area contributed by atoms with E-state index in [1.165, 1.54) is 9.75 Å². The van der Waals surface area contributed by atoms with E-state index in [0.29, 0.717) is 19.3 Å². The third kappa shape index (κ3) is 4.29. The predicted octanol–water partition coefficient (Wildman–Crippen LogP) is 3.56. The molecule has 18 heavy (non-hydrogen) atoms. The van der Waals surface area contributed by atoms with Gasteiger partial charge in [-0.05, 0) is 24.3 Å². The first-order valence-electron chi connectivity index (χ1n) is 6.15. The maximum Gasteiger partial charge on any atom is 0.129 e. The summed E-state index contributed by atoms with van der Waals surface area (Å²) in [5, 5.41) is 3.41. The van der Waals surface area contributed by atoms with Crippen LogP contribution < -0.4 is 5.32 Å². The molecule has 2 aromatic heterocycles. The Kier molecular flexibility index (Phi) is 4.99. The van der Waals surface area contributed by atoms with Gasteiger partial charge in [0.15, 0.2) is 0 Å². The number of rotatable bonds is 7. The lowest BCUT2D eigenvalue weighted by Crippen LogP contribution is -2.21. The van der Waals surface area contributed by atoms with E-state index in [1.54, 1.807) is 17.6 Å². The molecule has 0 radical (unpaired) electrons.